The molecule has 0 aromatic heterocycles. The normalized spacial score (nSPS) is 19.4. The number of benzene rings is 3. The number of rotatable bonds is 4. The van der Waals surface area contributed by atoms with E-state index in [1.807, 2.05) is 0 Å². The summed E-state index contributed by atoms with van der Waals surface area (Å²) < 4.78 is 33.6. The number of ether oxygens (including phenoxy) is 1. The van der Waals surface area contributed by atoms with E-state index in [0.29, 0.717) is 17.2 Å². The first-order chi connectivity index (χ1) is 13.6. The molecular formula is C22H21NO3S2. The van der Waals surface area contributed by atoms with Crippen LogP contribution in [0.5, 0.6) is 5.75 Å². The number of aryl methyl sites for hydroxylation is 2. The Bertz CT molecular complexity index is 1150. The smallest absolute Gasteiger partial charge is 0.244 e. The molecule has 4 nitrogen and oxygen atoms in total. The summed E-state index contributed by atoms with van der Waals surface area (Å²) in [5.41, 5.74) is 3.85. The molecule has 0 radical (unpaired) electrons. The molecule has 0 N–H and O–H groups in total. The summed E-state index contributed by atoms with van der Waals surface area (Å²) in [5, 5.41) is 2.33. The first-order valence-electron chi connectivity index (χ1n) is 9.40. The summed E-state index contributed by atoms with van der Waals surface area (Å²) in [4.78, 5) is 0.312. The van der Waals surface area contributed by atoms with Crippen molar-refractivity contribution in [2.24, 2.45) is 0 Å². The fraction of sp³-hybridized carbons (Fsp3) is 0.273. The Morgan fingerprint density at radius 1 is 1.00 bits per heavy atom. The molecule has 2 aliphatic rings. The van der Waals surface area contributed by atoms with E-state index in [4.69, 9.17) is 4.74 Å². The number of thioether (sulfide) groups is 1. The van der Waals surface area contributed by atoms with E-state index in [1.54, 1.807) is 47.4 Å². The van der Waals surface area contributed by atoms with Crippen LogP contribution in [0, 0.1) is 0 Å². The molecule has 0 amide bonds. The van der Waals surface area contributed by atoms with E-state index in [0.717, 1.165) is 24.2 Å². The summed E-state index contributed by atoms with van der Waals surface area (Å²) in [6.45, 7) is 0.520. The van der Waals surface area contributed by atoms with E-state index < -0.39 is 10.0 Å². The van der Waals surface area contributed by atoms with Crippen molar-refractivity contribution in [2.75, 3.05) is 19.4 Å². The second-order valence-electron chi connectivity index (χ2n) is 7.17. The van der Waals surface area contributed by atoms with E-state index in [2.05, 4.69) is 30.3 Å². The van der Waals surface area contributed by atoms with E-state index in [9.17, 15) is 8.42 Å². The molecule has 5 rings (SSSR count). The molecule has 3 aromatic carbocycles. The van der Waals surface area contributed by atoms with Crippen LogP contribution in [0.25, 0.3) is 10.8 Å². The van der Waals surface area contributed by atoms with Gasteiger partial charge in [0.25, 0.3) is 0 Å². The number of hydrogen-bond acceptors (Lipinski definition) is 4. The van der Waals surface area contributed by atoms with Gasteiger partial charge in [-0.25, -0.2) is 8.42 Å². The molecule has 1 heterocycles. The minimum atomic E-state index is -3.58. The van der Waals surface area contributed by atoms with Crippen molar-refractivity contribution in [3.05, 3.63) is 71.3 Å². The van der Waals surface area contributed by atoms with E-state index in [1.165, 1.54) is 21.9 Å². The maximum atomic E-state index is 13.4. The lowest BCUT2D eigenvalue weighted by molar-refractivity contribution is 0.414. The maximum absolute atomic E-state index is 13.4. The van der Waals surface area contributed by atoms with Gasteiger partial charge in [-0.15, -0.1) is 11.8 Å². The molecule has 0 bridgehead atoms. The van der Waals surface area contributed by atoms with Crippen LogP contribution < -0.4 is 4.74 Å². The minimum Gasteiger partial charge on any atom is -0.497 e. The molecular weight excluding hydrogens is 390 g/mol. The Balaban J connectivity index is 1.59. The number of sulfonamides is 1. The van der Waals surface area contributed by atoms with Gasteiger partial charge in [0.15, 0.2) is 0 Å². The van der Waals surface area contributed by atoms with Crippen LogP contribution in [-0.4, -0.2) is 32.1 Å². The Morgan fingerprint density at radius 3 is 2.50 bits per heavy atom. The highest BCUT2D eigenvalue weighted by Crippen LogP contribution is 2.45. The molecule has 1 aliphatic heterocycles. The zero-order chi connectivity index (χ0) is 19.3. The summed E-state index contributed by atoms with van der Waals surface area (Å²) >= 11 is 1.70. The van der Waals surface area contributed by atoms with Crippen LogP contribution >= 0.6 is 11.8 Å². The standard InChI is InChI=1S/C22H21NO3S2/c1-26-17-8-10-18(11-9-17)28(24,25)23-13-14-27-22(23)20-12-7-16-6-5-15-3-2-4-19(20)21(15)16/h2-4,7-12,22H,5-6,13-14H2,1H3/t22-/m1/s1. The van der Waals surface area contributed by atoms with Crippen LogP contribution in [0.1, 0.15) is 22.1 Å². The monoisotopic (exact) mass is 411 g/mol. The summed E-state index contributed by atoms with van der Waals surface area (Å²) in [6, 6.07) is 17.4. The first kappa shape index (κ1) is 18.0. The van der Waals surface area contributed by atoms with Gasteiger partial charge in [0.1, 0.15) is 5.75 Å². The molecule has 1 fully saturated rings. The Kier molecular flexibility index (Phi) is 4.38. The highest BCUT2D eigenvalue weighted by Gasteiger charge is 2.38. The highest BCUT2D eigenvalue weighted by atomic mass is 32.2. The van der Waals surface area contributed by atoms with Crippen molar-refractivity contribution in [3.8, 4) is 5.75 Å². The zero-order valence-corrected chi connectivity index (χ0v) is 17.2. The zero-order valence-electron chi connectivity index (χ0n) is 15.6. The van der Waals surface area contributed by atoms with Gasteiger partial charge in [0.2, 0.25) is 10.0 Å². The Morgan fingerprint density at radius 2 is 1.75 bits per heavy atom. The lowest BCUT2D eigenvalue weighted by atomic mass is 10.00. The molecule has 1 saturated heterocycles. The van der Waals surface area contributed by atoms with Gasteiger partial charge in [-0.3, -0.25) is 0 Å². The topological polar surface area (TPSA) is 46.6 Å². The quantitative estimate of drug-likeness (QED) is 0.639. The second-order valence-corrected chi connectivity index (χ2v) is 10.2. The molecule has 0 saturated carbocycles. The largest absolute Gasteiger partial charge is 0.497 e. The first-order valence-corrected chi connectivity index (χ1v) is 11.9. The molecule has 0 spiro atoms. The fourth-order valence-electron chi connectivity index (χ4n) is 4.31. The fourth-order valence-corrected chi connectivity index (χ4v) is 7.58. The van der Waals surface area contributed by atoms with Crippen LogP contribution in [0.4, 0.5) is 0 Å². The summed E-state index contributed by atoms with van der Waals surface area (Å²) in [6.07, 6.45) is 2.14. The molecule has 144 valence electrons. The van der Waals surface area contributed by atoms with Crippen LogP contribution in [-0.2, 0) is 22.9 Å². The van der Waals surface area contributed by atoms with Crippen molar-refractivity contribution in [1.29, 1.82) is 0 Å². The van der Waals surface area contributed by atoms with Gasteiger partial charge in [-0.1, -0.05) is 30.3 Å². The number of nitrogens with zero attached hydrogens (tertiary/aromatic N) is 1. The highest BCUT2D eigenvalue weighted by molar-refractivity contribution is 8.01. The average Bonchev–Trinajstić information content (AvgIpc) is 3.37. The average molecular weight is 412 g/mol. The van der Waals surface area contributed by atoms with Gasteiger partial charge in [0.05, 0.1) is 17.4 Å². The van der Waals surface area contributed by atoms with Crippen LogP contribution in [0.15, 0.2) is 59.5 Å². The predicted octanol–water partition coefficient (Wildman–Crippen LogP) is 4.38. The lowest BCUT2D eigenvalue weighted by Gasteiger charge is -2.25. The Hall–Kier alpha value is -2.02. The van der Waals surface area contributed by atoms with Gasteiger partial charge in [0, 0.05) is 12.3 Å². The predicted molar refractivity (Wildman–Crippen MR) is 113 cm³/mol. The van der Waals surface area contributed by atoms with Crippen molar-refractivity contribution in [3.63, 3.8) is 0 Å². The summed E-state index contributed by atoms with van der Waals surface area (Å²) in [5.74, 6) is 1.45. The van der Waals surface area contributed by atoms with E-state index >= 15 is 0 Å². The van der Waals surface area contributed by atoms with Crippen LogP contribution in [0.3, 0.4) is 0 Å². The van der Waals surface area contributed by atoms with Gasteiger partial charge >= 0.3 is 0 Å². The van der Waals surface area contributed by atoms with Crippen LogP contribution in [0.2, 0.25) is 0 Å². The molecule has 3 aromatic rings. The molecule has 1 aliphatic carbocycles. The van der Waals surface area contributed by atoms with Gasteiger partial charge in [-0.05, 0) is 64.6 Å². The molecule has 1 atom stereocenters. The van der Waals surface area contributed by atoms with Crippen molar-refractivity contribution >= 4 is 32.6 Å². The van der Waals surface area contributed by atoms with Crippen molar-refractivity contribution < 1.29 is 13.2 Å². The Labute approximate surface area is 169 Å². The molecule has 6 heteroatoms. The third kappa shape index (κ3) is 2.74. The summed E-state index contributed by atoms with van der Waals surface area (Å²) in [7, 11) is -2.00. The van der Waals surface area contributed by atoms with Crippen molar-refractivity contribution in [2.45, 2.75) is 23.1 Å². The third-order valence-corrected chi connectivity index (χ3v) is 8.95. The number of hydrogen-bond donors (Lipinski definition) is 0. The number of methoxy groups -OCH3 is 1. The van der Waals surface area contributed by atoms with Crippen molar-refractivity contribution in [1.82, 2.24) is 4.31 Å². The lowest BCUT2D eigenvalue weighted by Crippen LogP contribution is -2.30. The van der Waals surface area contributed by atoms with Gasteiger partial charge < -0.3 is 4.74 Å². The molecule has 0 unspecified atom stereocenters. The second kappa shape index (κ2) is 6.79. The van der Waals surface area contributed by atoms with E-state index in [-0.39, 0.29) is 5.37 Å². The SMILES string of the molecule is COc1ccc(S(=O)(=O)N2CCS[C@@H]2c2ccc3c4c(cccc24)CC3)cc1. The minimum absolute atomic E-state index is 0.197. The third-order valence-electron chi connectivity index (χ3n) is 5.69. The maximum Gasteiger partial charge on any atom is 0.244 e. The van der Waals surface area contributed by atoms with Gasteiger partial charge in [-0.2, -0.15) is 4.31 Å². The molecule has 28 heavy (non-hydrogen) atoms.